The van der Waals surface area contributed by atoms with Gasteiger partial charge in [-0.1, -0.05) is 26.8 Å². The van der Waals surface area contributed by atoms with E-state index in [-0.39, 0.29) is 11.3 Å². The third kappa shape index (κ3) is 3.05. The van der Waals surface area contributed by atoms with Crippen LogP contribution in [-0.4, -0.2) is 31.8 Å². The van der Waals surface area contributed by atoms with Crippen LogP contribution in [0.3, 0.4) is 0 Å². The maximum absolute atomic E-state index is 12.6. The quantitative estimate of drug-likeness (QED) is 0.859. The van der Waals surface area contributed by atoms with Crippen molar-refractivity contribution < 1.29 is 14.3 Å². The molecule has 0 spiro atoms. The second kappa shape index (κ2) is 5.34. The molecule has 1 heterocycles. The fraction of sp³-hybridized carbons (Fsp3) is 0.588. The van der Waals surface area contributed by atoms with Crippen molar-refractivity contribution in [3.63, 3.8) is 0 Å². The normalized spacial score (nSPS) is 17.4. The molecule has 1 amide bonds. The average Bonchev–Trinajstić information content (AvgIpc) is 2.37. The minimum atomic E-state index is -0.843. The molecule has 0 N–H and O–H groups in total. The number of benzene rings is 1. The summed E-state index contributed by atoms with van der Waals surface area (Å²) < 4.78 is 11.0. The van der Waals surface area contributed by atoms with Gasteiger partial charge in [0.15, 0.2) is 5.60 Å². The molecule has 0 aromatic heterocycles. The molecule has 1 aliphatic heterocycles. The largest absolute Gasteiger partial charge is 0.476 e. The van der Waals surface area contributed by atoms with Gasteiger partial charge in [-0.3, -0.25) is 4.79 Å². The Balaban J connectivity index is 2.49. The molecule has 0 bridgehead atoms. The molecule has 0 unspecified atom stereocenters. The van der Waals surface area contributed by atoms with Gasteiger partial charge in [0.05, 0.1) is 12.3 Å². The Morgan fingerprint density at radius 2 is 1.95 bits per heavy atom. The first-order valence-corrected chi connectivity index (χ1v) is 7.31. The van der Waals surface area contributed by atoms with E-state index in [0.717, 1.165) is 11.4 Å². The van der Waals surface area contributed by atoms with Gasteiger partial charge in [0.25, 0.3) is 5.91 Å². The predicted molar refractivity (Wildman–Crippen MR) is 84.1 cm³/mol. The van der Waals surface area contributed by atoms with Gasteiger partial charge in [-0.05, 0) is 37.0 Å². The molecule has 4 heteroatoms. The van der Waals surface area contributed by atoms with Crippen LogP contribution in [0.25, 0.3) is 0 Å². The molecule has 1 aliphatic rings. The summed E-state index contributed by atoms with van der Waals surface area (Å²) in [5.41, 5.74) is 1.20. The van der Waals surface area contributed by atoms with Crippen LogP contribution in [0.15, 0.2) is 18.2 Å². The third-order valence-electron chi connectivity index (χ3n) is 3.76. The molecule has 2 rings (SSSR count). The molecular formula is C17H25NO3. The standard InChI is InChI=1S/C17H25NO3/c1-16(2,3)12-7-8-14-13(11-12)18(9-10-20-6)15(19)17(4,5)21-14/h7-8,11H,9-10H2,1-6H3. The van der Waals surface area contributed by atoms with Crippen molar-refractivity contribution in [3.8, 4) is 5.75 Å². The molecular weight excluding hydrogens is 266 g/mol. The number of methoxy groups -OCH3 is 1. The molecule has 21 heavy (non-hydrogen) atoms. The van der Waals surface area contributed by atoms with E-state index in [0.29, 0.717) is 13.2 Å². The fourth-order valence-electron chi connectivity index (χ4n) is 2.44. The lowest BCUT2D eigenvalue weighted by atomic mass is 9.86. The number of ether oxygens (including phenoxy) is 2. The Morgan fingerprint density at radius 1 is 1.29 bits per heavy atom. The first-order chi connectivity index (χ1) is 9.66. The number of carbonyl (C=O) groups excluding carboxylic acids is 1. The summed E-state index contributed by atoms with van der Waals surface area (Å²) in [6.45, 7) is 11.1. The molecule has 0 fully saturated rings. The van der Waals surface area contributed by atoms with Crippen molar-refractivity contribution in [1.82, 2.24) is 0 Å². The van der Waals surface area contributed by atoms with Gasteiger partial charge in [-0.25, -0.2) is 0 Å². The van der Waals surface area contributed by atoms with Gasteiger partial charge in [0.2, 0.25) is 0 Å². The average molecular weight is 291 g/mol. The lowest BCUT2D eigenvalue weighted by Crippen LogP contribution is -2.53. The summed E-state index contributed by atoms with van der Waals surface area (Å²) in [4.78, 5) is 14.4. The van der Waals surface area contributed by atoms with E-state index < -0.39 is 5.60 Å². The Labute approximate surface area is 127 Å². The van der Waals surface area contributed by atoms with Crippen LogP contribution in [0.4, 0.5) is 5.69 Å². The number of rotatable bonds is 3. The van der Waals surface area contributed by atoms with Gasteiger partial charge >= 0.3 is 0 Å². The van der Waals surface area contributed by atoms with Crippen LogP contribution in [0.2, 0.25) is 0 Å². The summed E-state index contributed by atoms with van der Waals surface area (Å²) in [5.74, 6) is 0.724. The zero-order valence-corrected chi connectivity index (χ0v) is 13.8. The Hall–Kier alpha value is -1.55. The highest BCUT2D eigenvalue weighted by atomic mass is 16.5. The van der Waals surface area contributed by atoms with E-state index in [1.54, 1.807) is 25.9 Å². The Morgan fingerprint density at radius 3 is 2.52 bits per heavy atom. The number of nitrogens with zero attached hydrogens (tertiary/aromatic N) is 1. The van der Waals surface area contributed by atoms with Crippen LogP contribution < -0.4 is 9.64 Å². The molecule has 4 nitrogen and oxygen atoms in total. The van der Waals surface area contributed by atoms with Crippen LogP contribution in [0, 0.1) is 0 Å². The SMILES string of the molecule is COCCN1C(=O)C(C)(C)Oc2ccc(C(C)(C)C)cc21. The first-order valence-electron chi connectivity index (χ1n) is 7.31. The molecule has 0 radical (unpaired) electrons. The van der Waals surface area contributed by atoms with Crippen molar-refractivity contribution in [3.05, 3.63) is 23.8 Å². The zero-order chi connectivity index (χ0) is 15.8. The van der Waals surface area contributed by atoms with Crippen LogP contribution in [0.1, 0.15) is 40.2 Å². The van der Waals surface area contributed by atoms with Gasteiger partial charge in [-0.2, -0.15) is 0 Å². The highest BCUT2D eigenvalue weighted by Crippen LogP contribution is 2.40. The van der Waals surface area contributed by atoms with Crippen molar-refractivity contribution in [2.75, 3.05) is 25.2 Å². The highest BCUT2D eigenvalue weighted by molar-refractivity contribution is 6.02. The lowest BCUT2D eigenvalue weighted by molar-refractivity contribution is -0.132. The fourth-order valence-corrected chi connectivity index (χ4v) is 2.44. The summed E-state index contributed by atoms with van der Waals surface area (Å²) in [5, 5.41) is 0. The van der Waals surface area contributed by atoms with Crippen molar-refractivity contribution in [1.29, 1.82) is 0 Å². The highest BCUT2D eigenvalue weighted by Gasteiger charge is 2.41. The van der Waals surface area contributed by atoms with E-state index in [1.807, 2.05) is 6.07 Å². The van der Waals surface area contributed by atoms with Gasteiger partial charge < -0.3 is 14.4 Å². The van der Waals surface area contributed by atoms with Crippen LogP contribution >= 0.6 is 0 Å². The summed E-state index contributed by atoms with van der Waals surface area (Å²) >= 11 is 0. The van der Waals surface area contributed by atoms with E-state index >= 15 is 0 Å². The van der Waals surface area contributed by atoms with Crippen LogP contribution in [0.5, 0.6) is 5.75 Å². The van der Waals surface area contributed by atoms with E-state index in [9.17, 15) is 4.79 Å². The predicted octanol–water partition coefficient (Wildman–Crippen LogP) is 3.13. The van der Waals surface area contributed by atoms with Crippen molar-refractivity contribution in [2.24, 2.45) is 0 Å². The monoisotopic (exact) mass is 291 g/mol. The van der Waals surface area contributed by atoms with E-state index in [4.69, 9.17) is 9.47 Å². The van der Waals surface area contributed by atoms with Crippen molar-refractivity contribution >= 4 is 11.6 Å². The lowest BCUT2D eigenvalue weighted by Gasteiger charge is -2.39. The topological polar surface area (TPSA) is 38.8 Å². The minimum Gasteiger partial charge on any atom is -0.476 e. The molecule has 0 aliphatic carbocycles. The Bertz CT molecular complexity index is 543. The van der Waals surface area contributed by atoms with E-state index in [2.05, 4.69) is 32.9 Å². The Kier molecular flexibility index (Phi) is 4.02. The third-order valence-corrected chi connectivity index (χ3v) is 3.76. The molecule has 1 aromatic carbocycles. The summed E-state index contributed by atoms with van der Waals surface area (Å²) in [6.07, 6.45) is 0. The molecule has 116 valence electrons. The van der Waals surface area contributed by atoms with Gasteiger partial charge in [0.1, 0.15) is 5.75 Å². The van der Waals surface area contributed by atoms with Gasteiger partial charge in [0, 0.05) is 13.7 Å². The maximum Gasteiger partial charge on any atom is 0.270 e. The van der Waals surface area contributed by atoms with Crippen LogP contribution in [-0.2, 0) is 14.9 Å². The summed E-state index contributed by atoms with van der Waals surface area (Å²) in [7, 11) is 1.64. The molecule has 0 saturated heterocycles. The number of hydrogen-bond donors (Lipinski definition) is 0. The number of fused-ring (bicyclic) bond motifs is 1. The molecule has 1 aromatic rings. The molecule has 0 saturated carbocycles. The maximum atomic E-state index is 12.6. The number of carbonyl (C=O) groups is 1. The molecule has 0 atom stereocenters. The number of anilines is 1. The van der Waals surface area contributed by atoms with Crippen molar-refractivity contribution in [2.45, 2.75) is 45.6 Å². The number of amides is 1. The second-order valence-electron chi connectivity index (χ2n) is 6.99. The zero-order valence-electron chi connectivity index (χ0n) is 13.8. The number of hydrogen-bond acceptors (Lipinski definition) is 3. The van der Waals surface area contributed by atoms with Gasteiger partial charge in [-0.15, -0.1) is 0 Å². The smallest absolute Gasteiger partial charge is 0.270 e. The summed E-state index contributed by atoms with van der Waals surface area (Å²) in [6, 6.07) is 6.08. The first kappa shape index (κ1) is 15.8. The minimum absolute atomic E-state index is 0.0258. The second-order valence-corrected chi connectivity index (χ2v) is 6.99. The van der Waals surface area contributed by atoms with E-state index in [1.165, 1.54) is 5.56 Å².